The van der Waals surface area contributed by atoms with Crippen LogP contribution in [0.4, 0.5) is 0 Å². The third-order valence-electron chi connectivity index (χ3n) is 4.86. The normalized spacial score (nSPS) is 20.7. The van der Waals surface area contributed by atoms with Gasteiger partial charge in [-0.15, -0.1) is 0 Å². The van der Waals surface area contributed by atoms with Crippen LogP contribution in [0.1, 0.15) is 18.4 Å². The average Bonchev–Trinajstić information content (AvgIpc) is 2.58. The summed E-state index contributed by atoms with van der Waals surface area (Å²) in [6.45, 7) is 6.76. The van der Waals surface area contributed by atoms with Crippen molar-refractivity contribution in [2.24, 2.45) is 5.92 Å². The highest BCUT2D eigenvalue weighted by Crippen LogP contribution is 2.20. The molecule has 2 aliphatic heterocycles. The van der Waals surface area contributed by atoms with Crippen LogP contribution in [0.15, 0.2) is 24.3 Å². The molecule has 2 heterocycles. The minimum Gasteiger partial charge on any atom is -0.379 e. The van der Waals surface area contributed by atoms with E-state index in [1.54, 1.807) is 0 Å². The summed E-state index contributed by atoms with van der Waals surface area (Å²) < 4.78 is 5.40. The Hall–Kier alpha value is -1.10. The Bertz CT molecular complexity index is 506. The standard InChI is InChI=1S/C18H25ClN2O2/c19-17-3-1-15(2-4-17)13-18(22)21-7-5-16(6-8-21)14-20-9-11-23-12-10-20/h1-4,16H,5-14H2. The van der Waals surface area contributed by atoms with Gasteiger partial charge in [0, 0.05) is 37.7 Å². The third-order valence-corrected chi connectivity index (χ3v) is 5.11. The number of rotatable bonds is 4. The van der Waals surface area contributed by atoms with Crippen molar-refractivity contribution in [2.75, 3.05) is 45.9 Å². The molecule has 2 aliphatic rings. The quantitative estimate of drug-likeness (QED) is 0.846. The van der Waals surface area contributed by atoms with Crippen LogP contribution >= 0.6 is 11.6 Å². The fraction of sp³-hybridized carbons (Fsp3) is 0.611. The van der Waals surface area contributed by atoms with Crippen LogP contribution in [-0.4, -0.2) is 61.6 Å². The Morgan fingerprint density at radius 2 is 1.74 bits per heavy atom. The number of piperidine rings is 1. The zero-order valence-corrected chi connectivity index (χ0v) is 14.3. The monoisotopic (exact) mass is 336 g/mol. The molecule has 1 aromatic carbocycles. The average molecular weight is 337 g/mol. The Balaban J connectivity index is 1.42. The number of halogens is 1. The van der Waals surface area contributed by atoms with Crippen molar-refractivity contribution in [3.8, 4) is 0 Å². The fourth-order valence-corrected chi connectivity index (χ4v) is 3.53. The number of morpholine rings is 1. The van der Waals surface area contributed by atoms with Gasteiger partial charge in [-0.05, 0) is 36.5 Å². The van der Waals surface area contributed by atoms with Crippen molar-refractivity contribution in [2.45, 2.75) is 19.3 Å². The molecule has 0 atom stereocenters. The third kappa shape index (κ3) is 4.93. The van der Waals surface area contributed by atoms with Crippen molar-refractivity contribution in [3.05, 3.63) is 34.9 Å². The summed E-state index contributed by atoms with van der Waals surface area (Å²) in [4.78, 5) is 16.9. The van der Waals surface area contributed by atoms with Gasteiger partial charge in [0.1, 0.15) is 0 Å². The van der Waals surface area contributed by atoms with Crippen molar-refractivity contribution in [1.82, 2.24) is 9.80 Å². The second-order valence-electron chi connectivity index (χ2n) is 6.54. The number of carbonyl (C=O) groups is 1. The lowest BCUT2D eigenvalue weighted by molar-refractivity contribution is -0.132. The van der Waals surface area contributed by atoms with Crippen molar-refractivity contribution in [3.63, 3.8) is 0 Å². The summed E-state index contributed by atoms with van der Waals surface area (Å²) in [5, 5.41) is 0.713. The number of carbonyl (C=O) groups excluding carboxylic acids is 1. The van der Waals surface area contributed by atoms with Crippen molar-refractivity contribution < 1.29 is 9.53 Å². The molecule has 3 rings (SSSR count). The summed E-state index contributed by atoms with van der Waals surface area (Å²) in [5.74, 6) is 0.949. The summed E-state index contributed by atoms with van der Waals surface area (Å²) in [7, 11) is 0. The van der Waals surface area contributed by atoms with Crippen LogP contribution < -0.4 is 0 Å². The molecule has 0 aliphatic carbocycles. The zero-order chi connectivity index (χ0) is 16.1. The van der Waals surface area contributed by atoms with Crippen LogP contribution in [0.3, 0.4) is 0 Å². The Labute approximate surface area is 143 Å². The van der Waals surface area contributed by atoms with Gasteiger partial charge >= 0.3 is 0 Å². The predicted molar refractivity (Wildman–Crippen MR) is 91.7 cm³/mol. The maximum atomic E-state index is 12.4. The van der Waals surface area contributed by atoms with Gasteiger partial charge in [-0.25, -0.2) is 0 Å². The van der Waals surface area contributed by atoms with Gasteiger partial charge < -0.3 is 9.64 Å². The lowest BCUT2D eigenvalue weighted by Crippen LogP contribution is -2.44. The molecule has 0 aromatic heterocycles. The molecule has 0 spiro atoms. The van der Waals surface area contributed by atoms with E-state index >= 15 is 0 Å². The first kappa shape index (κ1) is 16.7. The lowest BCUT2D eigenvalue weighted by Gasteiger charge is -2.36. The van der Waals surface area contributed by atoms with Crippen LogP contribution in [0, 0.1) is 5.92 Å². The zero-order valence-electron chi connectivity index (χ0n) is 13.5. The number of likely N-dealkylation sites (tertiary alicyclic amines) is 1. The molecule has 5 heteroatoms. The van der Waals surface area contributed by atoms with Crippen LogP contribution in [0.5, 0.6) is 0 Å². The van der Waals surface area contributed by atoms with Gasteiger partial charge in [0.15, 0.2) is 0 Å². The molecule has 0 radical (unpaired) electrons. The van der Waals surface area contributed by atoms with Crippen LogP contribution in [-0.2, 0) is 16.0 Å². The van der Waals surface area contributed by atoms with Crippen molar-refractivity contribution in [1.29, 1.82) is 0 Å². The molecule has 1 aromatic rings. The van der Waals surface area contributed by atoms with Gasteiger partial charge in [0.05, 0.1) is 19.6 Å². The maximum absolute atomic E-state index is 12.4. The highest BCUT2D eigenvalue weighted by Gasteiger charge is 2.24. The molecule has 0 N–H and O–H groups in total. The Kier molecular flexibility index (Phi) is 5.92. The fourth-order valence-electron chi connectivity index (χ4n) is 3.40. The smallest absolute Gasteiger partial charge is 0.226 e. The summed E-state index contributed by atoms with van der Waals surface area (Å²) >= 11 is 5.89. The van der Waals surface area contributed by atoms with E-state index in [1.165, 1.54) is 0 Å². The van der Waals surface area contributed by atoms with Gasteiger partial charge in [-0.2, -0.15) is 0 Å². The molecular formula is C18H25ClN2O2. The van der Waals surface area contributed by atoms with E-state index in [2.05, 4.69) is 4.90 Å². The largest absolute Gasteiger partial charge is 0.379 e. The SMILES string of the molecule is O=C(Cc1ccc(Cl)cc1)N1CCC(CN2CCOCC2)CC1. The minimum absolute atomic E-state index is 0.233. The molecule has 4 nitrogen and oxygen atoms in total. The van der Waals surface area contributed by atoms with E-state index in [1.807, 2.05) is 29.2 Å². The van der Waals surface area contributed by atoms with Gasteiger partial charge in [-0.3, -0.25) is 9.69 Å². The number of amides is 1. The van der Waals surface area contributed by atoms with Gasteiger partial charge in [0.25, 0.3) is 0 Å². The number of ether oxygens (including phenoxy) is 1. The summed E-state index contributed by atoms with van der Waals surface area (Å²) in [6.07, 6.45) is 2.71. The first-order chi connectivity index (χ1) is 11.2. The molecule has 1 amide bonds. The minimum atomic E-state index is 0.233. The van der Waals surface area contributed by atoms with E-state index in [9.17, 15) is 4.79 Å². The van der Waals surface area contributed by atoms with E-state index in [0.29, 0.717) is 17.4 Å². The van der Waals surface area contributed by atoms with Gasteiger partial charge in [0.2, 0.25) is 5.91 Å². The first-order valence-electron chi connectivity index (χ1n) is 8.53. The Morgan fingerprint density at radius 1 is 1.09 bits per heavy atom. The number of benzene rings is 1. The second kappa shape index (κ2) is 8.13. The first-order valence-corrected chi connectivity index (χ1v) is 8.91. The molecule has 126 valence electrons. The van der Waals surface area contributed by atoms with E-state index in [0.717, 1.165) is 64.3 Å². The Morgan fingerprint density at radius 3 is 2.39 bits per heavy atom. The molecule has 0 unspecified atom stereocenters. The molecule has 0 bridgehead atoms. The number of hydrogen-bond acceptors (Lipinski definition) is 3. The molecule has 23 heavy (non-hydrogen) atoms. The molecular weight excluding hydrogens is 312 g/mol. The summed E-state index contributed by atoms with van der Waals surface area (Å²) in [6, 6.07) is 7.56. The summed E-state index contributed by atoms with van der Waals surface area (Å²) in [5.41, 5.74) is 1.04. The van der Waals surface area contributed by atoms with E-state index in [4.69, 9.17) is 16.3 Å². The molecule has 0 saturated carbocycles. The number of nitrogens with zero attached hydrogens (tertiary/aromatic N) is 2. The molecule has 2 saturated heterocycles. The lowest BCUT2D eigenvalue weighted by atomic mass is 9.95. The van der Waals surface area contributed by atoms with Crippen molar-refractivity contribution >= 4 is 17.5 Å². The van der Waals surface area contributed by atoms with Crippen LogP contribution in [0.2, 0.25) is 5.02 Å². The topological polar surface area (TPSA) is 32.8 Å². The molecule has 2 fully saturated rings. The highest BCUT2D eigenvalue weighted by atomic mass is 35.5. The van der Waals surface area contributed by atoms with Gasteiger partial charge in [-0.1, -0.05) is 23.7 Å². The van der Waals surface area contributed by atoms with E-state index in [-0.39, 0.29) is 5.91 Å². The maximum Gasteiger partial charge on any atom is 0.226 e. The second-order valence-corrected chi connectivity index (χ2v) is 6.98. The number of hydrogen-bond donors (Lipinski definition) is 0. The highest BCUT2D eigenvalue weighted by molar-refractivity contribution is 6.30. The van der Waals surface area contributed by atoms with E-state index < -0.39 is 0 Å². The van der Waals surface area contributed by atoms with Crippen LogP contribution in [0.25, 0.3) is 0 Å². The predicted octanol–water partition coefficient (Wildman–Crippen LogP) is 2.45.